The molecule has 0 aromatic heterocycles. The first-order valence-electron chi connectivity index (χ1n) is 3.93. The average Bonchev–Trinajstić information content (AvgIpc) is 2.48. The van der Waals surface area contributed by atoms with Gasteiger partial charge in [0.05, 0.1) is 0 Å². The van der Waals surface area contributed by atoms with Crippen molar-refractivity contribution in [2.75, 3.05) is 0 Å². The zero-order valence-corrected chi connectivity index (χ0v) is 6.25. The van der Waals surface area contributed by atoms with E-state index in [9.17, 15) is 0 Å². The molecule has 10 heavy (non-hydrogen) atoms. The van der Waals surface area contributed by atoms with Crippen LogP contribution < -0.4 is 0 Å². The molecule has 0 nitrogen and oxygen atoms in total. The standard InChI is InChI=1S/C10H12/c1-2-3-9-6-8-4-5-10(9)7-8/h2-6,8,10H,7H2,1H3. The van der Waals surface area contributed by atoms with Crippen LogP contribution in [0.15, 0.2) is 36.0 Å². The Morgan fingerprint density at radius 1 is 1.50 bits per heavy atom. The minimum atomic E-state index is 0.751. The smallest absolute Gasteiger partial charge is 0.00237 e. The quantitative estimate of drug-likeness (QED) is 0.481. The molecule has 0 aromatic carbocycles. The van der Waals surface area contributed by atoms with Crippen molar-refractivity contribution in [1.29, 1.82) is 0 Å². The van der Waals surface area contributed by atoms with E-state index in [0.29, 0.717) is 0 Å². The number of fused-ring (bicyclic) bond motifs is 2. The predicted molar refractivity (Wildman–Crippen MR) is 43.6 cm³/mol. The molecule has 0 heteroatoms. The molecule has 0 aliphatic heterocycles. The summed E-state index contributed by atoms with van der Waals surface area (Å²) in [5, 5.41) is 0. The molecule has 0 fully saturated rings. The van der Waals surface area contributed by atoms with E-state index in [-0.39, 0.29) is 0 Å². The fourth-order valence-corrected chi connectivity index (χ4v) is 1.84. The third-order valence-electron chi connectivity index (χ3n) is 2.31. The lowest BCUT2D eigenvalue weighted by Gasteiger charge is -2.02. The van der Waals surface area contributed by atoms with Crippen molar-refractivity contribution in [3.63, 3.8) is 0 Å². The highest BCUT2D eigenvalue weighted by Crippen LogP contribution is 2.38. The fraction of sp³-hybridized carbons (Fsp3) is 0.400. The van der Waals surface area contributed by atoms with Crippen LogP contribution in [-0.2, 0) is 0 Å². The summed E-state index contributed by atoms with van der Waals surface area (Å²) in [5.41, 5.74) is 1.52. The van der Waals surface area contributed by atoms with Crippen LogP contribution in [0.3, 0.4) is 0 Å². The van der Waals surface area contributed by atoms with Gasteiger partial charge in [-0.1, -0.05) is 30.4 Å². The molecule has 0 aromatic rings. The first kappa shape index (κ1) is 5.96. The van der Waals surface area contributed by atoms with Crippen molar-refractivity contribution in [3.05, 3.63) is 36.0 Å². The average molecular weight is 132 g/mol. The van der Waals surface area contributed by atoms with Gasteiger partial charge in [0.1, 0.15) is 0 Å². The van der Waals surface area contributed by atoms with Gasteiger partial charge in [0.25, 0.3) is 0 Å². The molecular weight excluding hydrogens is 120 g/mol. The van der Waals surface area contributed by atoms with Gasteiger partial charge in [-0.25, -0.2) is 0 Å². The van der Waals surface area contributed by atoms with Gasteiger partial charge in [0, 0.05) is 5.92 Å². The Balaban J connectivity index is 2.21. The minimum Gasteiger partial charge on any atom is -0.0874 e. The van der Waals surface area contributed by atoms with E-state index < -0.39 is 0 Å². The highest BCUT2D eigenvalue weighted by molar-refractivity contribution is 5.36. The van der Waals surface area contributed by atoms with Crippen molar-refractivity contribution < 1.29 is 0 Å². The van der Waals surface area contributed by atoms with Crippen molar-refractivity contribution in [2.24, 2.45) is 11.8 Å². The molecule has 2 rings (SSSR count). The lowest BCUT2D eigenvalue weighted by molar-refractivity contribution is 0.721. The second-order valence-electron chi connectivity index (χ2n) is 3.06. The second kappa shape index (κ2) is 2.12. The Bertz CT molecular complexity index is 218. The van der Waals surface area contributed by atoms with E-state index in [1.54, 1.807) is 0 Å². The maximum atomic E-state index is 2.38. The Kier molecular flexibility index (Phi) is 1.26. The Hall–Kier alpha value is -0.780. The summed E-state index contributed by atoms with van der Waals surface area (Å²) in [6.45, 7) is 2.08. The molecule has 2 atom stereocenters. The zero-order chi connectivity index (χ0) is 6.97. The van der Waals surface area contributed by atoms with E-state index in [1.807, 2.05) is 0 Å². The maximum Gasteiger partial charge on any atom is 0.00237 e. The summed E-state index contributed by atoms with van der Waals surface area (Å²) in [5.74, 6) is 1.51. The van der Waals surface area contributed by atoms with E-state index in [2.05, 4.69) is 37.3 Å². The lowest BCUT2D eigenvalue weighted by Crippen LogP contribution is -1.88. The van der Waals surface area contributed by atoms with E-state index >= 15 is 0 Å². The van der Waals surface area contributed by atoms with Gasteiger partial charge >= 0.3 is 0 Å². The molecule has 0 radical (unpaired) electrons. The van der Waals surface area contributed by atoms with E-state index in [4.69, 9.17) is 0 Å². The summed E-state index contributed by atoms with van der Waals surface area (Å²) in [7, 11) is 0. The summed E-state index contributed by atoms with van der Waals surface area (Å²) in [6.07, 6.45) is 12.7. The molecule has 0 saturated heterocycles. The molecule has 2 bridgehead atoms. The number of hydrogen-bond donors (Lipinski definition) is 0. The molecule has 2 aliphatic rings. The largest absolute Gasteiger partial charge is 0.0874 e. The number of rotatable bonds is 1. The number of hydrogen-bond acceptors (Lipinski definition) is 0. The molecular formula is C10H12. The third-order valence-corrected chi connectivity index (χ3v) is 2.31. The molecule has 0 N–H and O–H groups in total. The van der Waals surface area contributed by atoms with Crippen LogP contribution in [0.4, 0.5) is 0 Å². The molecule has 0 spiro atoms. The number of allylic oxidation sites excluding steroid dienone is 6. The summed E-state index contributed by atoms with van der Waals surface area (Å²) in [4.78, 5) is 0. The Labute approximate surface area is 61.9 Å². The van der Waals surface area contributed by atoms with E-state index in [1.165, 1.54) is 12.0 Å². The molecule has 0 heterocycles. The van der Waals surface area contributed by atoms with Gasteiger partial charge in [0.15, 0.2) is 0 Å². The summed E-state index contributed by atoms with van der Waals surface area (Å²) < 4.78 is 0. The van der Waals surface area contributed by atoms with Crippen molar-refractivity contribution in [1.82, 2.24) is 0 Å². The SMILES string of the molecule is CC=CC1=CC2C=CC1C2. The van der Waals surface area contributed by atoms with Crippen LogP contribution >= 0.6 is 0 Å². The minimum absolute atomic E-state index is 0.751. The van der Waals surface area contributed by atoms with Crippen LogP contribution in [0.5, 0.6) is 0 Å². The van der Waals surface area contributed by atoms with Crippen LogP contribution in [0.2, 0.25) is 0 Å². The van der Waals surface area contributed by atoms with Gasteiger partial charge in [-0.3, -0.25) is 0 Å². The lowest BCUT2D eigenvalue weighted by atomic mass is 10.0. The first-order chi connectivity index (χ1) is 4.90. The van der Waals surface area contributed by atoms with Crippen LogP contribution in [0.25, 0.3) is 0 Å². The summed E-state index contributed by atoms with van der Waals surface area (Å²) >= 11 is 0. The van der Waals surface area contributed by atoms with Gasteiger partial charge in [-0.05, 0) is 24.8 Å². The second-order valence-corrected chi connectivity index (χ2v) is 3.06. The van der Waals surface area contributed by atoms with Crippen LogP contribution in [0, 0.1) is 11.8 Å². The third kappa shape index (κ3) is 0.756. The van der Waals surface area contributed by atoms with Crippen molar-refractivity contribution >= 4 is 0 Å². The fourth-order valence-electron chi connectivity index (χ4n) is 1.84. The summed E-state index contributed by atoms with van der Waals surface area (Å²) in [6, 6.07) is 0. The van der Waals surface area contributed by atoms with Gasteiger partial charge in [-0.15, -0.1) is 0 Å². The van der Waals surface area contributed by atoms with Gasteiger partial charge in [-0.2, -0.15) is 0 Å². The molecule has 0 amide bonds. The van der Waals surface area contributed by atoms with Crippen LogP contribution in [0.1, 0.15) is 13.3 Å². The highest BCUT2D eigenvalue weighted by atomic mass is 14.3. The maximum absolute atomic E-state index is 2.38. The highest BCUT2D eigenvalue weighted by Gasteiger charge is 2.25. The Morgan fingerprint density at radius 2 is 2.40 bits per heavy atom. The predicted octanol–water partition coefficient (Wildman–Crippen LogP) is 2.69. The van der Waals surface area contributed by atoms with Gasteiger partial charge in [0.2, 0.25) is 0 Å². The molecule has 0 saturated carbocycles. The van der Waals surface area contributed by atoms with Crippen molar-refractivity contribution in [3.8, 4) is 0 Å². The Morgan fingerprint density at radius 3 is 2.90 bits per heavy atom. The zero-order valence-electron chi connectivity index (χ0n) is 6.25. The van der Waals surface area contributed by atoms with Crippen molar-refractivity contribution in [2.45, 2.75) is 13.3 Å². The van der Waals surface area contributed by atoms with E-state index in [0.717, 1.165) is 11.8 Å². The molecule has 2 aliphatic carbocycles. The topological polar surface area (TPSA) is 0 Å². The molecule has 52 valence electrons. The monoisotopic (exact) mass is 132 g/mol. The van der Waals surface area contributed by atoms with Gasteiger partial charge < -0.3 is 0 Å². The van der Waals surface area contributed by atoms with Crippen LogP contribution in [-0.4, -0.2) is 0 Å². The normalized spacial score (nSPS) is 35.9. The molecule has 2 unspecified atom stereocenters. The first-order valence-corrected chi connectivity index (χ1v) is 3.93.